The largest absolute Gasteiger partial charge is 0.465 e. The van der Waals surface area contributed by atoms with Crippen LogP contribution >= 0.6 is 0 Å². The monoisotopic (exact) mass is 523 g/mol. The van der Waals surface area contributed by atoms with Crippen molar-refractivity contribution in [2.45, 2.75) is 26.5 Å². The van der Waals surface area contributed by atoms with E-state index in [1.54, 1.807) is 24.3 Å². The molecule has 2 N–H and O–H groups in total. The lowest BCUT2D eigenvalue weighted by Crippen LogP contribution is -2.42. The summed E-state index contributed by atoms with van der Waals surface area (Å²) in [6.45, 7) is 8.30. The fraction of sp³-hybridized carbons (Fsp3) is 0.414. The van der Waals surface area contributed by atoms with Crippen molar-refractivity contribution in [3.63, 3.8) is 0 Å². The van der Waals surface area contributed by atoms with Crippen LogP contribution in [0.15, 0.2) is 66.2 Å². The molecule has 9 nitrogen and oxygen atoms in total. The standard InChI is InChI=1S/C29H37N3O6/c1-21(19-22(2)27(33)30-13-14-32-15-17-37-18-16-32)26(24-9-11-25(12-10-24)28(34)36-3)31-29(35)38-20-23-7-5-4-6-8-23/h4-12,19,22,26H,13-18,20H2,1-3H3,(H,30,33)(H,31,35)/b21-19+/t22-,26?/m1/s1. The number of esters is 1. The molecule has 2 atom stereocenters. The highest BCUT2D eigenvalue weighted by atomic mass is 16.5. The minimum atomic E-state index is -0.591. The van der Waals surface area contributed by atoms with Crippen molar-refractivity contribution < 1.29 is 28.6 Å². The molecule has 0 aromatic heterocycles. The Bertz CT molecular complexity index is 1080. The van der Waals surface area contributed by atoms with E-state index in [-0.39, 0.29) is 12.5 Å². The highest BCUT2D eigenvalue weighted by molar-refractivity contribution is 5.89. The Balaban J connectivity index is 1.67. The first-order chi connectivity index (χ1) is 18.4. The van der Waals surface area contributed by atoms with Crippen molar-refractivity contribution in [1.82, 2.24) is 15.5 Å². The average Bonchev–Trinajstić information content (AvgIpc) is 2.95. The van der Waals surface area contributed by atoms with E-state index >= 15 is 0 Å². The van der Waals surface area contributed by atoms with Gasteiger partial charge in [-0.15, -0.1) is 0 Å². The fourth-order valence-electron chi connectivity index (χ4n) is 4.16. The summed E-state index contributed by atoms with van der Waals surface area (Å²) in [5.74, 6) is -0.958. The number of nitrogens with zero attached hydrogens (tertiary/aromatic N) is 1. The Kier molecular flexibility index (Phi) is 11.3. The van der Waals surface area contributed by atoms with E-state index in [0.29, 0.717) is 12.1 Å². The van der Waals surface area contributed by atoms with Crippen LogP contribution in [0, 0.1) is 5.92 Å². The number of amides is 2. The number of nitrogens with one attached hydrogen (secondary N) is 2. The molecule has 1 saturated heterocycles. The van der Waals surface area contributed by atoms with E-state index in [2.05, 4.69) is 15.5 Å². The maximum atomic E-state index is 12.8. The summed E-state index contributed by atoms with van der Waals surface area (Å²) in [6.07, 6.45) is 1.24. The Morgan fingerprint density at radius 1 is 1.05 bits per heavy atom. The minimum absolute atomic E-state index is 0.0935. The molecule has 1 heterocycles. The number of morpholine rings is 1. The van der Waals surface area contributed by atoms with Gasteiger partial charge in [-0.3, -0.25) is 9.69 Å². The summed E-state index contributed by atoms with van der Waals surface area (Å²) in [5, 5.41) is 5.89. The van der Waals surface area contributed by atoms with Gasteiger partial charge in [0.1, 0.15) is 6.61 Å². The smallest absolute Gasteiger partial charge is 0.408 e. The molecule has 1 aliphatic rings. The maximum absolute atomic E-state index is 12.8. The molecule has 2 aromatic carbocycles. The third-order valence-electron chi connectivity index (χ3n) is 6.35. The molecule has 9 heteroatoms. The summed E-state index contributed by atoms with van der Waals surface area (Å²) < 4.78 is 15.6. The number of carbonyl (C=O) groups excluding carboxylic acids is 3. The topological polar surface area (TPSA) is 106 Å². The van der Waals surface area contributed by atoms with Gasteiger partial charge in [-0.05, 0) is 35.8 Å². The normalized spacial score (nSPS) is 15.7. The lowest BCUT2D eigenvalue weighted by molar-refractivity contribution is -0.123. The summed E-state index contributed by atoms with van der Waals surface area (Å²) in [5.41, 5.74) is 2.78. The number of carbonyl (C=O) groups is 3. The maximum Gasteiger partial charge on any atom is 0.408 e. The summed E-state index contributed by atoms with van der Waals surface area (Å²) in [4.78, 5) is 39.6. The zero-order valence-electron chi connectivity index (χ0n) is 22.3. The zero-order chi connectivity index (χ0) is 27.3. The van der Waals surface area contributed by atoms with Crippen LogP contribution in [0.2, 0.25) is 0 Å². The minimum Gasteiger partial charge on any atom is -0.465 e. The van der Waals surface area contributed by atoms with Crippen molar-refractivity contribution >= 4 is 18.0 Å². The van der Waals surface area contributed by atoms with Gasteiger partial charge in [0, 0.05) is 26.2 Å². The SMILES string of the molecule is COC(=O)c1ccc(C(NC(=O)OCc2ccccc2)/C(C)=C/[C@@H](C)C(=O)NCCN2CCOCC2)cc1. The van der Waals surface area contributed by atoms with Crippen molar-refractivity contribution in [2.75, 3.05) is 46.5 Å². The highest BCUT2D eigenvalue weighted by Gasteiger charge is 2.21. The van der Waals surface area contributed by atoms with Crippen molar-refractivity contribution in [1.29, 1.82) is 0 Å². The van der Waals surface area contributed by atoms with Gasteiger partial charge in [0.2, 0.25) is 5.91 Å². The van der Waals surface area contributed by atoms with Gasteiger partial charge in [0.05, 0.1) is 37.8 Å². The number of ether oxygens (including phenoxy) is 3. The number of rotatable bonds is 11. The van der Waals surface area contributed by atoms with E-state index in [4.69, 9.17) is 14.2 Å². The van der Waals surface area contributed by atoms with Crippen LogP contribution in [0.3, 0.4) is 0 Å². The molecule has 3 rings (SSSR count). The molecule has 1 fully saturated rings. The first-order valence-corrected chi connectivity index (χ1v) is 12.8. The first kappa shape index (κ1) is 28.9. The Morgan fingerprint density at radius 3 is 2.39 bits per heavy atom. The summed E-state index contributed by atoms with van der Waals surface area (Å²) >= 11 is 0. The van der Waals surface area contributed by atoms with E-state index < -0.39 is 24.0 Å². The van der Waals surface area contributed by atoms with Gasteiger partial charge in [-0.25, -0.2) is 9.59 Å². The predicted molar refractivity (Wildman–Crippen MR) is 143 cm³/mol. The molecule has 2 amide bonds. The number of hydrogen-bond acceptors (Lipinski definition) is 7. The molecule has 2 aromatic rings. The van der Waals surface area contributed by atoms with Gasteiger partial charge < -0.3 is 24.8 Å². The third kappa shape index (κ3) is 9.00. The van der Waals surface area contributed by atoms with E-state index in [1.165, 1.54) is 7.11 Å². The molecule has 0 bridgehead atoms. The van der Waals surface area contributed by atoms with E-state index in [9.17, 15) is 14.4 Å². The number of methoxy groups -OCH3 is 1. The number of hydrogen-bond donors (Lipinski definition) is 2. The quantitative estimate of drug-likeness (QED) is 0.343. The molecule has 0 spiro atoms. The molecule has 38 heavy (non-hydrogen) atoms. The van der Waals surface area contributed by atoms with Gasteiger partial charge >= 0.3 is 12.1 Å². The average molecular weight is 524 g/mol. The molecular weight excluding hydrogens is 486 g/mol. The lowest BCUT2D eigenvalue weighted by atomic mass is 9.95. The van der Waals surface area contributed by atoms with Crippen LogP contribution in [-0.2, 0) is 25.6 Å². The summed E-state index contributed by atoms with van der Waals surface area (Å²) in [7, 11) is 1.32. The van der Waals surface area contributed by atoms with Crippen LogP contribution in [0.5, 0.6) is 0 Å². The van der Waals surface area contributed by atoms with Crippen LogP contribution < -0.4 is 10.6 Å². The second-order valence-corrected chi connectivity index (χ2v) is 9.20. The molecule has 0 saturated carbocycles. The van der Waals surface area contributed by atoms with Gasteiger partial charge in [0.25, 0.3) is 0 Å². The van der Waals surface area contributed by atoms with Gasteiger partial charge in [0.15, 0.2) is 0 Å². The third-order valence-corrected chi connectivity index (χ3v) is 6.35. The van der Waals surface area contributed by atoms with E-state index in [0.717, 1.165) is 49.5 Å². The van der Waals surface area contributed by atoms with Crippen molar-refractivity contribution in [3.05, 3.63) is 82.9 Å². The van der Waals surface area contributed by atoms with Crippen LogP contribution in [0.25, 0.3) is 0 Å². The molecule has 0 radical (unpaired) electrons. The van der Waals surface area contributed by atoms with Crippen LogP contribution in [0.4, 0.5) is 4.79 Å². The molecule has 1 aliphatic heterocycles. The predicted octanol–water partition coefficient (Wildman–Crippen LogP) is 3.47. The van der Waals surface area contributed by atoms with Gasteiger partial charge in [-0.2, -0.15) is 0 Å². The molecule has 0 aliphatic carbocycles. The Hall–Kier alpha value is -3.69. The molecule has 204 valence electrons. The lowest BCUT2D eigenvalue weighted by Gasteiger charge is -2.26. The van der Waals surface area contributed by atoms with Crippen LogP contribution in [0.1, 0.15) is 41.4 Å². The summed E-state index contributed by atoms with van der Waals surface area (Å²) in [6, 6.07) is 15.6. The van der Waals surface area contributed by atoms with Crippen molar-refractivity contribution in [3.8, 4) is 0 Å². The zero-order valence-corrected chi connectivity index (χ0v) is 22.3. The number of benzene rings is 2. The highest BCUT2D eigenvalue weighted by Crippen LogP contribution is 2.24. The molecule has 1 unspecified atom stereocenters. The molecular formula is C29H37N3O6. The second kappa shape index (κ2) is 14.9. The van der Waals surface area contributed by atoms with Crippen LogP contribution in [-0.4, -0.2) is 69.4 Å². The second-order valence-electron chi connectivity index (χ2n) is 9.20. The fourth-order valence-corrected chi connectivity index (χ4v) is 4.16. The Labute approximate surface area is 224 Å². The van der Waals surface area contributed by atoms with E-state index in [1.807, 2.05) is 50.3 Å². The first-order valence-electron chi connectivity index (χ1n) is 12.8. The van der Waals surface area contributed by atoms with Crippen molar-refractivity contribution in [2.24, 2.45) is 5.92 Å². The van der Waals surface area contributed by atoms with Gasteiger partial charge in [-0.1, -0.05) is 55.5 Å². The number of alkyl carbamates (subject to hydrolysis) is 1. The Morgan fingerprint density at radius 2 is 1.74 bits per heavy atom.